The maximum absolute atomic E-state index is 5.37. The van der Waals surface area contributed by atoms with Crippen molar-refractivity contribution in [2.75, 3.05) is 35.4 Å². The average Bonchev–Trinajstić information content (AvgIpc) is 2.40. The van der Waals surface area contributed by atoms with E-state index in [1.165, 1.54) is 0 Å². The lowest BCUT2D eigenvalue weighted by Gasteiger charge is -2.21. The third-order valence-corrected chi connectivity index (χ3v) is 2.70. The van der Waals surface area contributed by atoms with Crippen LogP contribution in [0.2, 0.25) is 0 Å². The van der Waals surface area contributed by atoms with Crippen LogP contribution in [-0.4, -0.2) is 46.2 Å². The molecule has 6 heteroatoms. The molecule has 0 bridgehead atoms. The van der Waals surface area contributed by atoms with Crippen molar-refractivity contribution in [3.63, 3.8) is 0 Å². The van der Waals surface area contributed by atoms with Crippen molar-refractivity contribution in [1.29, 1.82) is 0 Å². The predicted molar refractivity (Wildman–Crippen MR) is 88.8 cm³/mol. The third kappa shape index (κ3) is 4.77. The largest absolute Gasteiger partial charge is 0.497 e. The van der Waals surface area contributed by atoms with Crippen LogP contribution in [0.1, 0.15) is 5.56 Å². The Morgan fingerprint density at radius 3 is 2.47 bits per heavy atom. The number of aliphatic imine (C=N–C) groups is 1. The van der Waals surface area contributed by atoms with Crippen LogP contribution in [0.4, 0.5) is 0 Å². The Balaban J connectivity index is 0.00000324. The molecule has 0 saturated heterocycles. The van der Waals surface area contributed by atoms with Gasteiger partial charge in [-0.1, -0.05) is 0 Å². The highest BCUT2D eigenvalue weighted by Gasteiger charge is 2.09. The molecule has 0 heterocycles. The molecule has 0 aromatic heterocycles. The Morgan fingerprint density at radius 2 is 2.00 bits per heavy atom. The number of nitrogens with one attached hydrogen (secondary N) is 1. The number of ether oxygens (including phenoxy) is 2. The molecule has 0 amide bonds. The molecule has 1 aromatic carbocycles. The molecule has 0 fully saturated rings. The van der Waals surface area contributed by atoms with Crippen molar-refractivity contribution >= 4 is 29.9 Å². The third-order valence-electron chi connectivity index (χ3n) is 2.70. The van der Waals surface area contributed by atoms with Gasteiger partial charge in [-0.15, -0.1) is 24.0 Å². The standard InChI is InChI=1S/C13H21N3O2.HI/c1-14-13(15-2)16(3)9-10-6-7-11(17-4)8-12(10)18-5;/h6-8H,9H2,1-5H3,(H,14,15);1H. The van der Waals surface area contributed by atoms with Crippen LogP contribution in [0.25, 0.3) is 0 Å². The van der Waals surface area contributed by atoms with Crippen molar-refractivity contribution in [3.05, 3.63) is 23.8 Å². The molecule has 0 aliphatic heterocycles. The van der Waals surface area contributed by atoms with Crippen LogP contribution in [-0.2, 0) is 6.54 Å². The van der Waals surface area contributed by atoms with E-state index in [9.17, 15) is 0 Å². The van der Waals surface area contributed by atoms with Crippen LogP contribution in [0.5, 0.6) is 11.5 Å². The fraction of sp³-hybridized carbons (Fsp3) is 0.462. The monoisotopic (exact) mass is 379 g/mol. The first-order valence-corrected chi connectivity index (χ1v) is 5.72. The molecule has 108 valence electrons. The van der Waals surface area contributed by atoms with Gasteiger partial charge in [0.05, 0.1) is 14.2 Å². The lowest BCUT2D eigenvalue weighted by atomic mass is 10.2. The number of rotatable bonds is 4. The Labute approximate surface area is 132 Å². The SMILES string of the molecule is CN=C(NC)N(C)Cc1ccc(OC)cc1OC.I. The van der Waals surface area contributed by atoms with Crippen LogP contribution in [0.15, 0.2) is 23.2 Å². The highest BCUT2D eigenvalue weighted by atomic mass is 127. The lowest BCUT2D eigenvalue weighted by molar-refractivity contribution is 0.383. The number of hydrogen-bond acceptors (Lipinski definition) is 3. The molecule has 1 aromatic rings. The number of halogens is 1. The van der Waals surface area contributed by atoms with Gasteiger partial charge in [0.15, 0.2) is 5.96 Å². The summed E-state index contributed by atoms with van der Waals surface area (Å²) >= 11 is 0. The number of methoxy groups -OCH3 is 2. The van der Waals surface area contributed by atoms with Crippen LogP contribution in [0.3, 0.4) is 0 Å². The van der Waals surface area contributed by atoms with E-state index in [1.54, 1.807) is 21.3 Å². The van der Waals surface area contributed by atoms with E-state index < -0.39 is 0 Å². The molecule has 0 aliphatic rings. The quantitative estimate of drug-likeness (QED) is 0.494. The second kappa shape index (κ2) is 8.84. The number of hydrogen-bond donors (Lipinski definition) is 1. The van der Waals surface area contributed by atoms with Crippen LogP contribution < -0.4 is 14.8 Å². The minimum absolute atomic E-state index is 0. The Hall–Kier alpha value is -1.18. The van der Waals surface area contributed by atoms with Crippen molar-refractivity contribution < 1.29 is 9.47 Å². The van der Waals surface area contributed by atoms with E-state index in [2.05, 4.69) is 10.3 Å². The number of nitrogens with zero attached hydrogens (tertiary/aromatic N) is 2. The molecule has 0 unspecified atom stereocenters. The first-order valence-electron chi connectivity index (χ1n) is 5.72. The van der Waals surface area contributed by atoms with Crippen LogP contribution in [0, 0.1) is 0 Å². The molecule has 0 saturated carbocycles. The molecule has 0 aliphatic carbocycles. The van der Waals surface area contributed by atoms with Gasteiger partial charge in [0.25, 0.3) is 0 Å². The summed E-state index contributed by atoms with van der Waals surface area (Å²) in [5.41, 5.74) is 1.08. The van der Waals surface area contributed by atoms with E-state index in [0.29, 0.717) is 6.54 Å². The summed E-state index contributed by atoms with van der Waals surface area (Å²) in [6.07, 6.45) is 0. The summed E-state index contributed by atoms with van der Waals surface area (Å²) in [5.74, 6) is 2.43. The molecular weight excluding hydrogens is 357 g/mol. The molecule has 0 spiro atoms. The zero-order valence-electron chi connectivity index (χ0n) is 12.1. The second-order valence-electron chi connectivity index (χ2n) is 3.83. The Bertz CT molecular complexity index is 424. The number of guanidine groups is 1. The molecule has 1 N–H and O–H groups in total. The zero-order chi connectivity index (χ0) is 13.5. The van der Waals surface area contributed by atoms with Crippen molar-refractivity contribution in [1.82, 2.24) is 10.2 Å². The summed E-state index contributed by atoms with van der Waals surface area (Å²) in [6, 6.07) is 5.80. The van der Waals surface area contributed by atoms with Gasteiger partial charge in [-0.2, -0.15) is 0 Å². The second-order valence-corrected chi connectivity index (χ2v) is 3.83. The van der Waals surface area contributed by atoms with Gasteiger partial charge in [-0.25, -0.2) is 0 Å². The van der Waals surface area contributed by atoms with Gasteiger partial charge in [0.1, 0.15) is 11.5 Å². The van der Waals surface area contributed by atoms with Gasteiger partial charge in [0, 0.05) is 39.3 Å². The smallest absolute Gasteiger partial charge is 0.193 e. The molecule has 1 rings (SSSR count). The highest BCUT2D eigenvalue weighted by molar-refractivity contribution is 14.0. The van der Waals surface area contributed by atoms with Gasteiger partial charge in [-0.3, -0.25) is 4.99 Å². The summed E-state index contributed by atoms with van der Waals surface area (Å²) in [4.78, 5) is 6.18. The van der Waals surface area contributed by atoms with Crippen molar-refractivity contribution in [2.45, 2.75) is 6.54 Å². The van der Waals surface area contributed by atoms with Crippen molar-refractivity contribution in [3.8, 4) is 11.5 Å². The Kier molecular flexibility index (Phi) is 8.29. The summed E-state index contributed by atoms with van der Waals surface area (Å²) in [7, 11) is 8.88. The van der Waals surface area contributed by atoms with Gasteiger partial charge >= 0.3 is 0 Å². The van der Waals surface area contributed by atoms with Gasteiger partial charge in [0.2, 0.25) is 0 Å². The Morgan fingerprint density at radius 1 is 1.32 bits per heavy atom. The topological polar surface area (TPSA) is 46.1 Å². The molecule has 5 nitrogen and oxygen atoms in total. The van der Waals surface area contributed by atoms with E-state index in [-0.39, 0.29) is 24.0 Å². The van der Waals surface area contributed by atoms with E-state index in [1.807, 2.05) is 37.2 Å². The summed E-state index contributed by atoms with van der Waals surface area (Å²) < 4.78 is 10.5. The molecule has 0 atom stereocenters. The maximum Gasteiger partial charge on any atom is 0.193 e. The minimum atomic E-state index is 0. The van der Waals surface area contributed by atoms with E-state index >= 15 is 0 Å². The first kappa shape index (κ1) is 17.8. The summed E-state index contributed by atoms with van der Waals surface area (Å²) in [6.45, 7) is 0.709. The fourth-order valence-electron chi connectivity index (χ4n) is 1.79. The zero-order valence-corrected chi connectivity index (χ0v) is 14.4. The molecule has 19 heavy (non-hydrogen) atoms. The minimum Gasteiger partial charge on any atom is -0.497 e. The lowest BCUT2D eigenvalue weighted by Crippen LogP contribution is -2.36. The predicted octanol–water partition coefficient (Wildman–Crippen LogP) is 1.96. The van der Waals surface area contributed by atoms with Crippen molar-refractivity contribution in [2.24, 2.45) is 4.99 Å². The van der Waals surface area contributed by atoms with E-state index in [0.717, 1.165) is 23.0 Å². The first-order chi connectivity index (χ1) is 8.65. The average molecular weight is 379 g/mol. The maximum atomic E-state index is 5.37. The fourth-order valence-corrected chi connectivity index (χ4v) is 1.79. The normalized spacial score (nSPS) is 10.5. The summed E-state index contributed by atoms with van der Waals surface area (Å²) in [5, 5.41) is 3.04. The van der Waals surface area contributed by atoms with Gasteiger partial charge in [-0.05, 0) is 12.1 Å². The van der Waals surface area contributed by atoms with Crippen LogP contribution >= 0.6 is 24.0 Å². The van der Waals surface area contributed by atoms with E-state index in [4.69, 9.17) is 9.47 Å². The number of benzene rings is 1. The highest BCUT2D eigenvalue weighted by Crippen LogP contribution is 2.25. The molecule has 0 radical (unpaired) electrons. The van der Waals surface area contributed by atoms with Gasteiger partial charge < -0.3 is 19.7 Å². The molecular formula is C13H22IN3O2.